The molecule has 3 aliphatic rings. The molecule has 2 aromatic rings. The van der Waals surface area contributed by atoms with E-state index in [0.29, 0.717) is 19.3 Å². The molecular formula is C29H41N3O5S2. The van der Waals surface area contributed by atoms with Crippen LogP contribution in [0, 0.1) is 23.7 Å². The van der Waals surface area contributed by atoms with Crippen LogP contribution in [0.4, 0.5) is 5.13 Å². The lowest BCUT2D eigenvalue weighted by atomic mass is 9.47. The lowest BCUT2D eigenvalue weighted by Gasteiger charge is -2.58. The molecule has 1 aromatic heterocycles. The average molecular weight is 576 g/mol. The zero-order valence-corrected chi connectivity index (χ0v) is 24.7. The number of sulfonamides is 1. The Morgan fingerprint density at radius 2 is 1.82 bits per heavy atom. The number of aromatic nitrogens is 1. The average Bonchev–Trinajstić information content (AvgIpc) is 3.30. The number of aryl methyl sites for hydroxylation is 1. The van der Waals surface area contributed by atoms with Gasteiger partial charge >= 0.3 is 0 Å². The minimum Gasteiger partial charge on any atom is -0.396 e. The molecule has 214 valence electrons. The van der Waals surface area contributed by atoms with E-state index in [9.17, 15) is 23.4 Å². The number of thiazole rings is 1. The lowest BCUT2D eigenvalue weighted by molar-refractivity contribution is -0.144. The number of benzene rings is 1. The van der Waals surface area contributed by atoms with Gasteiger partial charge in [0.1, 0.15) is 0 Å². The number of hydrogen-bond donors (Lipinski definition) is 4. The molecule has 1 aromatic carbocycles. The molecule has 8 nitrogen and oxygen atoms in total. The van der Waals surface area contributed by atoms with Gasteiger partial charge in [0.25, 0.3) is 10.0 Å². The zero-order valence-electron chi connectivity index (χ0n) is 23.1. The van der Waals surface area contributed by atoms with E-state index in [1.807, 2.05) is 13.8 Å². The Labute approximate surface area is 235 Å². The van der Waals surface area contributed by atoms with E-state index in [1.165, 1.54) is 17.8 Å². The summed E-state index contributed by atoms with van der Waals surface area (Å²) in [6.45, 7) is 5.84. The summed E-state index contributed by atoms with van der Waals surface area (Å²) in [5.41, 5.74) is 0.636. The highest BCUT2D eigenvalue weighted by molar-refractivity contribution is 7.93. The fourth-order valence-corrected chi connectivity index (χ4v) is 9.60. The Morgan fingerprint density at radius 1 is 1.13 bits per heavy atom. The van der Waals surface area contributed by atoms with Gasteiger partial charge in [0.15, 0.2) is 5.13 Å². The number of anilines is 1. The first-order valence-corrected chi connectivity index (χ1v) is 16.4. The third-order valence-corrected chi connectivity index (χ3v) is 12.3. The number of aliphatic hydroxyl groups is 2. The first-order valence-electron chi connectivity index (χ1n) is 14.1. The van der Waals surface area contributed by atoms with Gasteiger partial charge in [-0.3, -0.25) is 9.52 Å². The maximum atomic E-state index is 13.4. The monoisotopic (exact) mass is 575 g/mol. The molecule has 5 rings (SSSR count). The van der Waals surface area contributed by atoms with Gasteiger partial charge in [0, 0.05) is 28.7 Å². The lowest BCUT2D eigenvalue weighted by Crippen LogP contribution is -2.57. The summed E-state index contributed by atoms with van der Waals surface area (Å²) in [7, 11) is -3.83. The van der Waals surface area contributed by atoms with Crippen LogP contribution in [0.15, 0.2) is 29.2 Å². The first-order chi connectivity index (χ1) is 18.5. The Hall–Kier alpha value is -2.01. The second-order valence-corrected chi connectivity index (χ2v) is 15.2. The minimum absolute atomic E-state index is 0.00802. The summed E-state index contributed by atoms with van der Waals surface area (Å²) in [4.78, 5) is 19.3. The molecule has 5 unspecified atom stereocenters. The molecule has 2 fully saturated rings. The van der Waals surface area contributed by atoms with Crippen molar-refractivity contribution in [1.82, 2.24) is 10.3 Å². The van der Waals surface area contributed by atoms with Gasteiger partial charge in [-0.1, -0.05) is 50.8 Å². The molecule has 0 saturated heterocycles. The van der Waals surface area contributed by atoms with E-state index in [2.05, 4.69) is 17.0 Å². The van der Waals surface area contributed by atoms with Crippen LogP contribution >= 0.6 is 11.3 Å². The van der Waals surface area contributed by atoms with Crippen molar-refractivity contribution in [3.05, 3.63) is 40.4 Å². The van der Waals surface area contributed by atoms with E-state index in [4.69, 9.17) is 4.98 Å². The van der Waals surface area contributed by atoms with Crippen molar-refractivity contribution in [2.24, 2.45) is 16.7 Å². The van der Waals surface area contributed by atoms with E-state index in [1.54, 1.807) is 24.3 Å². The van der Waals surface area contributed by atoms with Crippen molar-refractivity contribution in [2.75, 3.05) is 11.3 Å². The molecule has 0 radical (unpaired) electrons. The van der Waals surface area contributed by atoms with E-state index in [-0.39, 0.29) is 52.3 Å². The van der Waals surface area contributed by atoms with Crippen LogP contribution < -0.4 is 10.0 Å². The Bertz CT molecular complexity index is 1300. The quantitative estimate of drug-likeness (QED) is 0.385. The highest BCUT2D eigenvalue weighted by atomic mass is 32.2. The van der Waals surface area contributed by atoms with Crippen molar-refractivity contribution < 1.29 is 23.4 Å². The Kier molecular flexibility index (Phi) is 7.87. The van der Waals surface area contributed by atoms with Crippen molar-refractivity contribution in [2.45, 2.75) is 102 Å². The van der Waals surface area contributed by atoms with Gasteiger partial charge in [0.2, 0.25) is 5.91 Å². The number of aliphatic hydroxyl groups excluding tert-OH is 2. The van der Waals surface area contributed by atoms with Crippen LogP contribution in [0.3, 0.4) is 0 Å². The van der Waals surface area contributed by atoms with Crippen LogP contribution in [0.25, 0.3) is 0 Å². The predicted molar refractivity (Wildman–Crippen MR) is 152 cm³/mol. The fourth-order valence-electron chi connectivity index (χ4n) is 7.30. The number of nitrogens with one attached hydrogen (secondary N) is 2. The maximum absolute atomic E-state index is 13.4. The van der Waals surface area contributed by atoms with Gasteiger partial charge in [-0.25, -0.2) is 13.4 Å². The molecule has 2 saturated carbocycles. The fraction of sp³-hybridized carbons (Fsp3) is 0.655. The molecule has 0 bridgehead atoms. The van der Waals surface area contributed by atoms with Crippen molar-refractivity contribution in [3.63, 3.8) is 0 Å². The summed E-state index contributed by atoms with van der Waals surface area (Å²) in [5.74, 6) is -0.339. The minimum atomic E-state index is -3.83. The van der Waals surface area contributed by atoms with Gasteiger partial charge in [-0.2, -0.15) is 0 Å². The van der Waals surface area contributed by atoms with E-state index in [0.717, 1.165) is 41.8 Å². The number of rotatable bonds is 7. The second kappa shape index (κ2) is 10.8. The van der Waals surface area contributed by atoms with Crippen LogP contribution in [0.2, 0.25) is 0 Å². The summed E-state index contributed by atoms with van der Waals surface area (Å²) in [6.07, 6.45) is 6.88. The summed E-state index contributed by atoms with van der Waals surface area (Å²) in [5, 5.41) is 25.0. The zero-order chi connectivity index (χ0) is 28.0. The molecule has 1 heterocycles. The molecule has 3 aliphatic carbocycles. The van der Waals surface area contributed by atoms with Gasteiger partial charge in [-0.05, 0) is 62.5 Å². The van der Waals surface area contributed by atoms with Crippen LogP contribution in [0.5, 0.6) is 0 Å². The van der Waals surface area contributed by atoms with Crippen LogP contribution in [-0.2, 0) is 21.2 Å². The maximum Gasteiger partial charge on any atom is 0.263 e. The van der Waals surface area contributed by atoms with Gasteiger partial charge in [-0.15, -0.1) is 11.3 Å². The largest absolute Gasteiger partial charge is 0.396 e. The summed E-state index contributed by atoms with van der Waals surface area (Å²) in [6, 6.07) is 6.87. The van der Waals surface area contributed by atoms with Gasteiger partial charge in [0.05, 0.1) is 23.3 Å². The van der Waals surface area contributed by atoms with Crippen molar-refractivity contribution in [1.29, 1.82) is 0 Å². The van der Waals surface area contributed by atoms with Crippen molar-refractivity contribution >= 4 is 32.4 Å². The molecular weight excluding hydrogens is 534 g/mol. The number of hydrogen-bond acceptors (Lipinski definition) is 7. The summed E-state index contributed by atoms with van der Waals surface area (Å²) >= 11 is 1.30. The summed E-state index contributed by atoms with van der Waals surface area (Å²) < 4.78 is 28.9. The molecule has 4 N–H and O–H groups in total. The number of nitrogens with zero attached hydrogens (tertiary/aromatic N) is 1. The van der Waals surface area contributed by atoms with E-state index < -0.39 is 21.5 Å². The standard InChI is InChI=1S/C29H41N3O5S2/c1-18-9-11-20(12-10-18)39(36,37)32-27-31-26-21(15-25(35)30-19-7-5-4-6-8-19)28(2)14-13-24(34)29(3,17-33)23(28)16-22(26)38-27/h9-12,19,21,23-24,33-34H,4-8,13-17H2,1-3H3,(H,30,35)(H,31,32). The first kappa shape index (κ1) is 28.5. The van der Waals surface area contributed by atoms with Crippen LogP contribution in [-0.4, -0.2) is 48.3 Å². The third kappa shape index (κ3) is 5.37. The number of fused-ring (bicyclic) bond motifs is 2. The highest BCUT2D eigenvalue weighted by Gasteiger charge is 2.59. The number of carbonyl (C=O) groups is 1. The predicted octanol–water partition coefficient (Wildman–Crippen LogP) is 4.51. The molecule has 0 aliphatic heterocycles. The van der Waals surface area contributed by atoms with Crippen molar-refractivity contribution in [3.8, 4) is 0 Å². The molecule has 1 amide bonds. The SMILES string of the molecule is Cc1ccc(S(=O)(=O)Nc2nc3c(s2)CC2C(C)(CO)C(O)CCC2(C)C3CC(=O)NC2CCCCC2)cc1. The topological polar surface area (TPSA) is 129 Å². The smallest absolute Gasteiger partial charge is 0.263 e. The Morgan fingerprint density at radius 3 is 2.49 bits per heavy atom. The Balaban J connectivity index is 1.48. The normalized spacial score (nSPS) is 31.3. The third-order valence-electron chi connectivity index (χ3n) is 9.81. The number of carbonyl (C=O) groups excluding carboxylic acids is 1. The molecule has 5 atom stereocenters. The molecule has 0 spiro atoms. The van der Waals surface area contributed by atoms with E-state index >= 15 is 0 Å². The number of amides is 1. The van der Waals surface area contributed by atoms with Gasteiger partial charge < -0.3 is 15.5 Å². The highest BCUT2D eigenvalue weighted by Crippen LogP contribution is 2.62. The molecule has 39 heavy (non-hydrogen) atoms. The second-order valence-electron chi connectivity index (χ2n) is 12.4. The molecule has 10 heteroatoms. The van der Waals surface area contributed by atoms with Crippen LogP contribution in [0.1, 0.15) is 87.3 Å².